The Hall–Kier alpha value is -0.170. The third-order valence-corrected chi connectivity index (χ3v) is 3.99. The molecule has 1 fully saturated rings. The third kappa shape index (κ3) is 4.46. The minimum atomic E-state index is -3.01. The van der Waals surface area contributed by atoms with Crippen LogP contribution >= 0.6 is 0 Å². The zero-order valence-corrected chi connectivity index (χ0v) is 9.96. The third-order valence-electron chi connectivity index (χ3n) is 2.69. The van der Waals surface area contributed by atoms with Gasteiger partial charge in [0.15, 0.2) is 0 Å². The van der Waals surface area contributed by atoms with Crippen LogP contribution in [-0.2, 0) is 10.0 Å². The first-order valence-electron chi connectivity index (χ1n) is 5.33. The number of hydrogen-bond donors (Lipinski definition) is 2. The zero-order valence-electron chi connectivity index (χ0n) is 9.15. The van der Waals surface area contributed by atoms with E-state index in [9.17, 15) is 8.42 Å². The van der Waals surface area contributed by atoms with Crippen LogP contribution in [0.25, 0.3) is 0 Å². The Balaban J connectivity index is 2.24. The standard InChI is InChI=1S/C9H20N2O3S/c1-15(13,14)11-6-3-9(4-7-11)10-5-2-8-12/h9-10,12H,2-8H2,1H3. The number of piperidine rings is 1. The van der Waals surface area contributed by atoms with Crippen LogP contribution in [0.5, 0.6) is 0 Å². The van der Waals surface area contributed by atoms with Gasteiger partial charge in [-0.05, 0) is 25.8 Å². The van der Waals surface area contributed by atoms with Gasteiger partial charge in [-0.25, -0.2) is 12.7 Å². The predicted molar refractivity (Wildman–Crippen MR) is 59.1 cm³/mol. The lowest BCUT2D eigenvalue weighted by Gasteiger charge is -2.30. The molecule has 0 aromatic heterocycles. The van der Waals surface area contributed by atoms with Crippen molar-refractivity contribution in [1.29, 1.82) is 0 Å². The van der Waals surface area contributed by atoms with Crippen LogP contribution in [0.1, 0.15) is 19.3 Å². The summed E-state index contributed by atoms with van der Waals surface area (Å²) < 4.78 is 24.0. The average molecular weight is 236 g/mol. The van der Waals surface area contributed by atoms with Crippen LogP contribution in [0.15, 0.2) is 0 Å². The molecule has 1 saturated heterocycles. The fourth-order valence-corrected chi connectivity index (χ4v) is 2.65. The topological polar surface area (TPSA) is 69.6 Å². The number of aliphatic hydroxyl groups excluding tert-OH is 1. The number of nitrogens with zero attached hydrogens (tertiary/aromatic N) is 1. The maximum Gasteiger partial charge on any atom is 0.211 e. The monoisotopic (exact) mass is 236 g/mol. The van der Waals surface area contributed by atoms with E-state index in [4.69, 9.17) is 5.11 Å². The smallest absolute Gasteiger partial charge is 0.211 e. The van der Waals surface area contributed by atoms with Crippen LogP contribution in [0.4, 0.5) is 0 Å². The number of rotatable bonds is 5. The normalized spacial score (nSPS) is 20.7. The molecule has 0 saturated carbocycles. The quantitative estimate of drug-likeness (QED) is 0.624. The van der Waals surface area contributed by atoms with Crippen LogP contribution in [-0.4, -0.2) is 56.4 Å². The first kappa shape index (κ1) is 12.9. The van der Waals surface area contributed by atoms with Gasteiger partial charge in [-0.1, -0.05) is 0 Å². The van der Waals surface area contributed by atoms with E-state index >= 15 is 0 Å². The van der Waals surface area contributed by atoms with Crippen LogP contribution in [0.2, 0.25) is 0 Å². The maximum absolute atomic E-state index is 11.2. The highest BCUT2D eigenvalue weighted by Gasteiger charge is 2.24. The van der Waals surface area contributed by atoms with Gasteiger partial charge in [-0.15, -0.1) is 0 Å². The van der Waals surface area contributed by atoms with Gasteiger partial charge in [0.25, 0.3) is 0 Å². The molecule has 1 aliphatic rings. The molecule has 1 rings (SSSR count). The van der Waals surface area contributed by atoms with E-state index in [1.807, 2.05) is 0 Å². The van der Waals surface area contributed by atoms with Crippen LogP contribution < -0.4 is 5.32 Å². The molecule has 0 aromatic carbocycles. The number of aliphatic hydroxyl groups is 1. The second-order valence-electron chi connectivity index (χ2n) is 3.97. The Kier molecular flexibility index (Phi) is 4.98. The molecule has 0 aromatic rings. The summed E-state index contributed by atoms with van der Waals surface area (Å²) in [5.41, 5.74) is 0. The Labute approximate surface area is 91.5 Å². The molecular weight excluding hydrogens is 216 g/mol. The SMILES string of the molecule is CS(=O)(=O)N1CCC(NCCCO)CC1. The molecule has 0 radical (unpaired) electrons. The number of hydrogen-bond acceptors (Lipinski definition) is 4. The predicted octanol–water partition coefficient (Wildman–Crippen LogP) is -0.618. The van der Waals surface area contributed by atoms with Gasteiger partial charge in [-0.2, -0.15) is 0 Å². The molecule has 1 heterocycles. The summed E-state index contributed by atoms with van der Waals surface area (Å²) >= 11 is 0. The van der Waals surface area contributed by atoms with Gasteiger partial charge in [0, 0.05) is 25.7 Å². The fraction of sp³-hybridized carbons (Fsp3) is 1.00. The zero-order chi connectivity index (χ0) is 11.3. The van der Waals surface area contributed by atoms with Crippen molar-refractivity contribution in [2.45, 2.75) is 25.3 Å². The van der Waals surface area contributed by atoms with Crippen LogP contribution in [0, 0.1) is 0 Å². The highest BCUT2D eigenvalue weighted by atomic mass is 32.2. The van der Waals surface area contributed by atoms with Crippen molar-refractivity contribution in [3.8, 4) is 0 Å². The molecule has 6 heteroatoms. The van der Waals surface area contributed by atoms with Gasteiger partial charge in [0.1, 0.15) is 0 Å². The molecule has 0 unspecified atom stereocenters. The van der Waals surface area contributed by atoms with Gasteiger partial charge in [-0.3, -0.25) is 0 Å². The van der Waals surface area contributed by atoms with E-state index in [0.29, 0.717) is 19.1 Å². The largest absolute Gasteiger partial charge is 0.396 e. The van der Waals surface area contributed by atoms with E-state index in [0.717, 1.165) is 25.8 Å². The van der Waals surface area contributed by atoms with Crippen molar-refractivity contribution in [1.82, 2.24) is 9.62 Å². The van der Waals surface area contributed by atoms with Gasteiger partial charge in [0.05, 0.1) is 6.26 Å². The summed E-state index contributed by atoms with van der Waals surface area (Å²) in [5.74, 6) is 0. The molecule has 0 aliphatic carbocycles. The van der Waals surface area contributed by atoms with Gasteiger partial charge < -0.3 is 10.4 Å². The molecule has 90 valence electrons. The lowest BCUT2D eigenvalue weighted by molar-refractivity contribution is 0.264. The summed E-state index contributed by atoms with van der Waals surface area (Å²) in [5, 5.41) is 11.9. The number of sulfonamides is 1. The first-order valence-corrected chi connectivity index (χ1v) is 7.18. The summed E-state index contributed by atoms with van der Waals surface area (Å²) in [6.07, 6.45) is 3.73. The van der Waals surface area contributed by atoms with Gasteiger partial charge >= 0.3 is 0 Å². The van der Waals surface area contributed by atoms with E-state index in [2.05, 4.69) is 5.32 Å². The Morgan fingerprint density at radius 2 is 2.00 bits per heavy atom. The van der Waals surface area contributed by atoms with Crippen molar-refractivity contribution < 1.29 is 13.5 Å². The van der Waals surface area contributed by atoms with Crippen molar-refractivity contribution in [3.63, 3.8) is 0 Å². The lowest BCUT2D eigenvalue weighted by atomic mass is 10.1. The molecule has 0 atom stereocenters. The molecule has 0 bridgehead atoms. The molecule has 2 N–H and O–H groups in total. The summed E-state index contributed by atoms with van der Waals surface area (Å²) in [6.45, 7) is 2.22. The van der Waals surface area contributed by atoms with E-state index in [-0.39, 0.29) is 6.61 Å². The maximum atomic E-state index is 11.2. The Morgan fingerprint density at radius 3 is 2.47 bits per heavy atom. The van der Waals surface area contributed by atoms with Crippen molar-refractivity contribution in [2.24, 2.45) is 0 Å². The van der Waals surface area contributed by atoms with E-state index < -0.39 is 10.0 Å². The molecule has 0 amide bonds. The molecule has 0 spiro atoms. The Bertz CT molecular complexity index is 271. The second-order valence-corrected chi connectivity index (χ2v) is 5.95. The first-order chi connectivity index (χ1) is 7.04. The Morgan fingerprint density at radius 1 is 1.40 bits per heavy atom. The van der Waals surface area contributed by atoms with Crippen LogP contribution in [0.3, 0.4) is 0 Å². The summed E-state index contributed by atoms with van der Waals surface area (Å²) in [7, 11) is -3.01. The average Bonchev–Trinajstić information content (AvgIpc) is 2.18. The second kappa shape index (κ2) is 5.79. The van der Waals surface area contributed by atoms with Crippen molar-refractivity contribution >= 4 is 10.0 Å². The molecule has 5 nitrogen and oxygen atoms in total. The molecular formula is C9H20N2O3S. The minimum Gasteiger partial charge on any atom is -0.396 e. The highest BCUT2D eigenvalue weighted by Crippen LogP contribution is 2.12. The van der Waals surface area contributed by atoms with Gasteiger partial charge in [0.2, 0.25) is 10.0 Å². The lowest BCUT2D eigenvalue weighted by Crippen LogP contribution is -2.44. The molecule has 1 aliphatic heterocycles. The van der Waals surface area contributed by atoms with E-state index in [1.165, 1.54) is 10.6 Å². The highest BCUT2D eigenvalue weighted by molar-refractivity contribution is 7.88. The fourth-order valence-electron chi connectivity index (χ4n) is 1.78. The summed E-state index contributed by atoms with van der Waals surface area (Å²) in [4.78, 5) is 0. The minimum absolute atomic E-state index is 0.204. The summed E-state index contributed by atoms with van der Waals surface area (Å²) in [6, 6.07) is 0.398. The number of nitrogens with one attached hydrogen (secondary N) is 1. The van der Waals surface area contributed by atoms with Crippen molar-refractivity contribution in [3.05, 3.63) is 0 Å². The van der Waals surface area contributed by atoms with E-state index in [1.54, 1.807) is 0 Å². The van der Waals surface area contributed by atoms with Crippen molar-refractivity contribution in [2.75, 3.05) is 32.5 Å². The molecule has 15 heavy (non-hydrogen) atoms.